The lowest BCUT2D eigenvalue weighted by Gasteiger charge is -2.25. The summed E-state index contributed by atoms with van der Waals surface area (Å²) < 4.78 is 22.3. The van der Waals surface area contributed by atoms with Crippen LogP contribution in [0.1, 0.15) is 13.2 Å². The quantitative estimate of drug-likeness (QED) is 0.207. The molecule has 2 aliphatic heterocycles. The van der Waals surface area contributed by atoms with Crippen molar-refractivity contribution in [3.8, 4) is 0 Å². The number of nitrogens with two attached hydrogens (primary N) is 1. The summed E-state index contributed by atoms with van der Waals surface area (Å²) in [5.41, 5.74) is 6.36. The first kappa shape index (κ1) is 22.4. The summed E-state index contributed by atoms with van der Waals surface area (Å²) >= 11 is 0. The molecule has 0 aliphatic carbocycles. The summed E-state index contributed by atoms with van der Waals surface area (Å²) in [4.78, 5) is 51.8. The van der Waals surface area contributed by atoms with Crippen LogP contribution in [0.4, 0.5) is 5.82 Å². The van der Waals surface area contributed by atoms with Crippen molar-refractivity contribution >= 4 is 23.7 Å². The summed E-state index contributed by atoms with van der Waals surface area (Å²) in [6.45, 7) is 0.820. The third kappa shape index (κ3) is 4.88. The molecule has 1 fully saturated rings. The zero-order chi connectivity index (χ0) is 22.7. The van der Waals surface area contributed by atoms with Gasteiger partial charge in [0.05, 0.1) is 6.10 Å². The van der Waals surface area contributed by atoms with Crippen LogP contribution in [0, 0.1) is 0 Å². The van der Waals surface area contributed by atoms with Crippen molar-refractivity contribution in [2.75, 3.05) is 12.1 Å². The summed E-state index contributed by atoms with van der Waals surface area (Å²) in [5, 5.41) is 18.3. The minimum Gasteiger partial charge on any atom is -0.462 e. The molecular weight excluding hydrogens is 420 g/mol. The lowest BCUT2D eigenvalue weighted by atomic mass is 10.1. The van der Waals surface area contributed by atoms with Gasteiger partial charge in [-0.25, -0.2) is 14.4 Å². The van der Waals surface area contributed by atoms with E-state index in [1.807, 2.05) is 0 Å². The van der Waals surface area contributed by atoms with E-state index in [9.17, 15) is 24.3 Å². The minimum absolute atomic E-state index is 0.141. The molecular formula is C17H20N4O10. The van der Waals surface area contributed by atoms with E-state index in [-0.39, 0.29) is 5.82 Å². The van der Waals surface area contributed by atoms with Gasteiger partial charge in [0.15, 0.2) is 24.3 Å². The lowest BCUT2D eigenvalue weighted by molar-refractivity contribution is -0.165. The van der Waals surface area contributed by atoms with E-state index in [4.69, 9.17) is 29.9 Å². The lowest BCUT2D eigenvalue weighted by Crippen LogP contribution is -2.45. The molecule has 31 heavy (non-hydrogen) atoms. The van der Waals surface area contributed by atoms with Crippen molar-refractivity contribution in [3.05, 3.63) is 34.9 Å². The third-order valence-corrected chi connectivity index (χ3v) is 4.55. The Morgan fingerprint density at radius 1 is 1.29 bits per heavy atom. The number of fused-ring (bicyclic) bond motifs is 1. The highest BCUT2D eigenvalue weighted by molar-refractivity contribution is 5.92. The Morgan fingerprint density at radius 2 is 1.94 bits per heavy atom. The number of aromatic nitrogens is 2. The van der Waals surface area contributed by atoms with Crippen LogP contribution < -0.4 is 16.9 Å². The fourth-order valence-corrected chi connectivity index (χ4v) is 2.94. The topological polar surface area (TPSA) is 202 Å². The van der Waals surface area contributed by atoms with Crippen LogP contribution in [0.5, 0.6) is 0 Å². The van der Waals surface area contributed by atoms with Crippen LogP contribution >= 0.6 is 0 Å². The molecule has 2 aliphatic rings. The van der Waals surface area contributed by atoms with Crippen molar-refractivity contribution < 1.29 is 43.6 Å². The van der Waals surface area contributed by atoms with Crippen molar-refractivity contribution in [2.45, 2.75) is 43.6 Å². The largest absolute Gasteiger partial charge is 0.462 e. The number of esters is 3. The molecule has 0 saturated carbocycles. The summed E-state index contributed by atoms with van der Waals surface area (Å²) in [7, 11) is 0. The Bertz CT molecular complexity index is 945. The number of nitrogens with zero attached hydrogens (tertiary/aromatic N) is 2. The third-order valence-electron chi connectivity index (χ3n) is 4.55. The predicted octanol–water partition coefficient (Wildman–Crippen LogP) is -2.41. The monoisotopic (exact) mass is 440 g/mol. The average Bonchev–Trinajstić information content (AvgIpc) is 3.04. The standard InChI is InChI=1S/C17H20N4O10/c1-7(22)12(18)16(25)28-6-8-13-14(31-11(24)3-2-10(23)30-13)15(29-8)21-5-4-9(20-27)19-17(21)26/h2-5,7-8,12-15,22,27H,6,18H2,1H3,(H,19,20,26)/b3-2-/t7?,8-,12-,13?,14-,15-/m1/s1. The number of anilines is 1. The molecule has 1 aromatic heterocycles. The molecule has 14 nitrogen and oxygen atoms in total. The number of carbonyl (C=O) groups is 3. The van der Waals surface area contributed by atoms with Crippen LogP contribution in [-0.4, -0.2) is 74.8 Å². The SMILES string of the molecule is CC(O)[C@@H](N)C(=O)OC[C@H]1O[C@@H](n2ccc(NO)nc2=O)[C@@H]2OC(=O)/C=C\C(=O)OC21. The second-order valence-electron chi connectivity index (χ2n) is 6.71. The van der Waals surface area contributed by atoms with E-state index in [0.29, 0.717) is 0 Å². The van der Waals surface area contributed by atoms with Gasteiger partial charge < -0.3 is 29.8 Å². The molecule has 6 atom stereocenters. The van der Waals surface area contributed by atoms with E-state index < -0.39 is 66.9 Å². The maximum Gasteiger partial charge on any atom is 0.351 e. The Hall–Kier alpha value is -3.33. The number of hydrogen-bond acceptors (Lipinski definition) is 13. The fourth-order valence-electron chi connectivity index (χ4n) is 2.94. The Kier molecular flexibility index (Phi) is 6.65. The van der Waals surface area contributed by atoms with Gasteiger partial charge in [0, 0.05) is 18.3 Å². The summed E-state index contributed by atoms with van der Waals surface area (Å²) in [6.07, 6.45) is -3.24. The van der Waals surface area contributed by atoms with Crippen LogP contribution in [-0.2, 0) is 33.3 Å². The first-order valence-electron chi connectivity index (χ1n) is 9.05. The molecule has 14 heteroatoms. The molecule has 0 bridgehead atoms. The van der Waals surface area contributed by atoms with Crippen molar-refractivity contribution in [1.82, 2.24) is 9.55 Å². The zero-order valence-corrected chi connectivity index (χ0v) is 16.1. The van der Waals surface area contributed by atoms with Crippen molar-refractivity contribution in [2.24, 2.45) is 5.73 Å². The van der Waals surface area contributed by atoms with Crippen LogP contribution in [0.25, 0.3) is 0 Å². The second-order valence-corrected chi connectivity index (χ2v) is 6.71. The number of hydrogen-bond donors (Lipinski definition) is 4. The molecule has 0 radical (unpaired) electrons. The molecule has 3 rings (SSSR count). The van der Waals surface area contributed by atoms with Crippen LogP contribution in [0.3, 0.4) is 0 Å². The normalized spacial score (nSPS) is 28.3. The molecule has 2 unspecified atom stereocenters. The van der Waals surface area contributed by atoms with Gasteiger partial charge >= 0.3 is 23.6 Å². The smallest absolute Gasteiger partial charge is 0.351 e. The average molecular weight is 440 g/mol. The molecule has 168 valence electrons. The molecule has 0 spiro atoms. The predicted molar refractivity (Wildman–Crippen MR) is 97.3 cm³/mol. The zero-order valence-electron chi connectivity index (χ0n) is 16.1. The number of rotatable bonds is 6. The number of aliphatic hydroxyl groups is 1. The number of aliphatic hydroxyl groups excluding tert-OH is 1. The van der Waals surface area contributed by atoms with Crippen LogP contribution in [0.15, 0.2) is 29.2 Å². The molecule has 1 saturated heterocycles. The molecule has 5 N–H and O–H groups in total. The van der Waals surface area contributed by atoms with Crippen molar-refractivity contribution in [1.29, 1.82) is 0 Å². The highest BCUT2D eigenvalue weighted by atomic mass is 16.7. The highest BCUT2D eigenvalue weighted by Crippen LogP contribution is 2.34. The minimum atomic E-state index is -1.32. The highest BCUT2D eigenvalue weighted by Gasteiger charge is 2.51. The fraction of sp³-hybridized carbons (Fsp3) is 0.471. The molecule has 0 amide bonds. The van der Waals surface area contributed by atoms with Gasteiger partial charge in [-0.3, -0.25) is 20.0 Å². The number of carbonyl (C=O) groups excluding carboxylic acids is 3. The van der Waals surface area contributed by atoms with E-state index in [1.54, 1.807) is 5.48 Å². The van der Waals surface area contributed by atoms with E-state index in [0.717, 1.165) is 16.7 Å². The van der Waals surface area contributed by atoms with E-state index in [2.05, 4.69) is 4.98 Å². The Morgan fingerprint density at radius 3 is 2.52 bits per heavy atom. The van der Waals surface area contributed by atoms with Gasteiger partial charge in [-0.1, -0.05) is 0 Å². The van der Waals surface area contributed by atoms with Gasteiger partial charge in [0.25, 0.3) is 0 Å². The van der Waals surface area contributed by atoms with Gasteiger partial charge in [0.2, 0.25) is 0 Å². The summed E-state index contributed by atoms with van der Waals surface area (Å²) in [6, 6.07) is -0.0789. The second kappa shape index (κ2) is 9.22. The molecule has 1 aromatic rings. The molecule has 3 heterocycles. The van der Waals surface area contributed by atoms with Gasteiger partial charge in [-0.2, -0.15) is 4.98 Å². The Labute approximate surface area is 174 Å². The summed E-state index contributed by atoms with van der Waals surface area (Å²) in [5.74, 6) is -2.84. The van der Waals surface area contributed by atoms with Crippen LogP contribution in [0.2, 0.25) is 0 Å². The maximum atomic E-state index is 12.3. The van der Waals surface area contributed by atoms with Crippen molar-refractivity contribution in [3.63, 3.8) is 0 Å². The first-order chi connectivity index (χ1) is 14.7. The maximum absolute atomic E-state index is 12.3. The van der Waals surface area contributed by atoms with Gasteiger partial charge in [0.1, 0.15) is 18.8 Å². The number of ether oxygens (including phenoxy) is 4. The Balaban J connectivity index is 1.89. The van der Waals surface area contributed by atoms with E-state index >= 15 is 0 Å². The first-order valence-corrected chi connectivity index (χ1v) is 9.05. The number of nitrogens with one attached hydrogen (secondary N) is 1. The molecule has 0 aromatic carbocycles. The van der Waals surface area contributed by atoms with Gasteiger partial charge in [-0.15, -0.1) is 0 Å². The van der Waals surface area contributed by atoms with E-state index in [1.165, 1.54) is 19.2 Å². The van der Waals surface area contributed by atoms with Gasteiger partial charge in [-0.05, 0) is 13.0 Å².